The number of urea groups is 1. The molecule has 1 fully saturated rings. The quantitative estimate of drug-likeness (QED) is 0.709. The molecule has 5 heteroatoms. The fourth-order valence-corrected chi connectivity index (χ4v) is 1.50. The van der Waals surface area contributed by atoms with Crippen LogP contribution in [0.3, 0.4) is 0 Å². The van der Waals surface area contributed by atoms with Gasteiger partial charge in [0.1, 0.15) is 6.54 Å². The number of hydrogen-bond acceptors (Lipinski definition) is 2. The SMILES string of the molecule is CCN(CC(=O)O)C(=O)NCC1CC1C. The standard InChI is InChI=1S/C10H18N2O3/c1-3-12(6-9(13)14)10(15)11-5-8-4-7(8)2/h7-8H,3-6H2,1-2H3,(H,11,15)(H,13,14). The van der Waals surface area contributed by atoms with Crippen molar-refractivity contribution in [1.29, 1.82) is 0 Å². The molecular weight excluding hydrogens is 196 g/mol. The topological polar surface area (TPSA) is 69.6 Å². The first kappa shape index (κ1) is 11.8. The molecule has 0 heterocycles. The third-order valence-corrected chi connectivity index (χ3v) is 2.79. The lowest BCUT2D eigenvalue weighted by molar-refractivity contribution is -0.137. The van der Waals surface area contributed by atoms with E-state index in [4.69, 9.17) is 5.11 Å². The third-order valence-electron chi connectivity index (χ3n) is 2.79. The first-order valence-corrected chi connectivity index (χ1v) is 5.29. The number of hydrogen-bond donors (Lipinski definition) is 2. The van der Waals surface area contributed by atoms with E-state index < -0.39 is 5.97 Å². The van der Waals surface area contributed by atoms with Gasteiger partial charge < -0.3 is 15.3 Å². The van der Waals surface area contributed by atoms with E-state index >= 15 is 0 Å². The predicted octanol–water partition coefficient (Wildman–Crippen LogP) is 0.758. The summed E-state index contributed by atoms with van der Waals surface area (Å²) in [7, 11) is 0. The molecule has 0 aromatic heterocycles. The molecule has 0 aromatic rings. The van der Waals surface area contributed by atoms with E-state index in [9.17, 15) is 9.59 Å². The van der Waals surface area contributed by atoms with Gasteiger partial charge >= 0.3 is 12.0 Å². The average molecular weight is 214 g/mol. The molecule has 2 unspecified atom stereocenters. The van der Waals surface area contributed by atoms with Gasteiger partial charge in [-0.2, -0.15) is 0 Å². The van der Waals surface area contributed by atoms with E-state index in [1.165, 1.54) is 4.90 Å². The van der Waals surface area contributed by atoms with Gasteiger partial charge in [0.2, 0.25) is 0 Å². The number of rotatable bonds is 5. The van der Waals surface area contributed by atoms with E-state index in [-0.39, 0.29) is 12.6 Å². The van der Waals surface area contributed by atoms with Gasteiger partial charge in [0.15, 0.2) is 0 Å². The Morgan fingerprint density at radius 2 is 2.13 bits per heavy atom. The molecule has 1 rings (SSSR count). The fourth-order valence-electron chi connectivity index (χ4n) is 1.50. The van der Waals surface area contributed by atoms with E-state index in [1.807, 2.05) is 0 Å². The maximum atomic E-state index is 11.5. The maximum Gasteiger partial charge on any atom is 0.323 e. The van der Waals surface area contributed by atoms with Gasteiger partial charge in [-0.1, -0.05) is 6.92 Å². The number of carbonyl (C=O) groups excluding carboxylic acids is 1. The van der Waals surface area contributed by atoms with Gasteiger partial charge in [0, 0.05) is 13.1 Å². The molecule has 0 saturated heterocycles. The number of nitrogens with one attached hydrogen (secondary N) is 1. The van der Waals surface area contributed by atoms with Crippen LogP contribution in [-0.4, -0.2) is 41.6 Å². The molecule has 0 bridgehead atoms. The maximum absolute atomic E-state index is 11.5. The van der Waals surface area contributed by atoms with Crippen molar-refractivity contribution in [2.24, 2.45) is 11.8 Å². The second-order valence-corrected chi connectivity index (χ2v) is 4.07. The number of carboxylic acids is 1. The minimum absolute atomic E-state index is 0.234. The lowest BCUT2D eigenvalue weighted by Crippen LogP contribution is -2.43. The van der Waals surface area contributed by atoms with Crippen molar-refractivity contribution >= 4 is 12.0 Å². The summed E-state index contributed by atoms with van der Waals surface area (Å²) in [6.07, 6.45) is 1.16. The zero-order valence-electron chi connectivity index (χ0n) is 9.19. The van der Waals surface area contributed by atoms with Crippen LogP contribution < -0.4 is 5.32 Å². The molecule has 1 aliphatic rings. The van der Waals surface area contributed by atoms with Crippen molar-refractivity contribution in [3.8, 4) is 0 Å². The minimum Gasteiger partial charge on any atom is -0.480 e. The highest BCUT2D eigenvalue weighted by molar-refractivity contribution is 5.80. The Hall–Kier alpha value is -1.26. The highest BCUT2D eigenvalue weighted by Gasteiger charge is 2.32. The van der Waals surface area contributed by atoms with Crippen molar-refractivity contribution in [3.63, 3.8) is 0 Å². The Bertz CT molecular complexity index is 255. The number of carbonyl (C=O) groups is 2. The Balaban J connectivity index is 2.26. The smallest absolute Gasteiger partial charge is 0.323 e. The van der Waals surface area contributed by atoms with E-state index in [0.717, 1.165) is 6.42 Å². The molecule has 5 nitrogen and oxygen atoms in total. The normalized spacial score (nSPS) is 23.3. The van der Waals surface area contributed by atoms with Crippen molar-refractivity contribution in [1.82, 2.24) is 10.2 Å². The summed E-state index contributed by atoms with van der Waals surface area (Å²) in [6.45, 7) is 4.75. The number of aliphatic carboxylic acids is 1. The molecule has 2 atom stereocenters. The van der Waals surface area contributed by atoms with Gasteiger partial charge in [-0.05, 0) is 25.2 Å². The zero-order valence-corrected chi connectivity index (χ0v) is 9.19. The molecule has 0 aromatic carbocycles. The summed E-state index contributed by atoms with van der Waals surface area (Å²) in [6, 6.07) is -0.279. The van der Waals surface area contributed by atoms with Crippen LogP contribution in [0.25, 0.3) is 0 Å². The van der Waals surface area contributed by atoms with Crippen LogP contribution in [0.1, 0.15) is 20.3 Å². The van der Waals surface area contributed by atoms with Crippen LogP contribution in [0.15, 0.2) is 0 Å². The monoisotopic (exact) mass is 214 g/mol. The zero-order chi connectivity index (χ0) is 11.4. The summed E-state index contributed by atoms with van der Waals surface area (Å²) in [5, 5.41) is 11.3. The highest BCUT2D eigenvalue weighted by atomic mass is 16.4. The number of likely N-dealkylation sites (N-methyl/N-ethyl adjacent to an activating group) is 1. The first-order valence-electron chi connectivity index (χ1n) is 5.29. The lowest BCUT2D eigenvalue weighted by Gasteiger charge is -2.19. The third kappa shape index (κ3) is 3.77. The molecule has 2 amide bonds. The summed E-state index contributed by atoms with van der Waals surface area (Å²) >= 11 is 0. The molecule has 15 heavy (non-hydrogen) atoms. The lowest BCUT2D eigenvalue weighted by atomic mass is 10.3. The van der Waals surface area contributed by atoms with Gasteiger partial charge in [-0.15, -0.1) is 0 Å². The fraction of sp³-hybridized carbons (Fsp3) is 0.800. The summed E-state index contributed by atoms with van der Waals surface area (Å²) in [5.74, 6) is 0.295. The Morgan fingerprint density at radius 1 is 1.53 bits per heavy atom. The second-order valence-electron chi connectivity index (χ2n) is 4.07. The number of amides is 2. The van der Waals surface area contributed by atoms with Crippen molar-refractivity contribution in [2.75, 3.05) is 19.6 Å². The average Bonchev–Trinajstić information content (AvgIpc) is 2.87. The first-order chi connectivity index (χ1) is 7.04. The van der Waals surface area contributed by atoms with Crippen LogP contribution in [0.2, 0.25) is 0 Å². The molecular formula is C10H18N2O3. The van der Waals surface area contributed by atoms with E-state index in [1.54, 1.807) is 6.92 Å². The molecule has 1 aliphatic carbocycles. The van der Waals surface area contributed by atoms with Crippen LogP contribution in [0.5, 0.6) is 0 Å². The second kappa shape index (κ2) is 5.00. The summed E-state index contributed by atoms with van der Waals surface area (Å²) in [5.41, 5.74) is 0. The molecule has 1 saturated carbocycles. The predicted molar refractivity (Wildman–Crippen MR) is 55.6 cm³/mol. The van der Waals surface area contributed by atoms with Gasteiger partial charge in [-0.25, -0.2) is 4.79 Å². The molecule has 2 N–H and O–H groups in total. The summed E-state index contributed by atoms with van der Waals surface area (Å²) < 4.78 is 0. The van der Waals surface area contributed by atoms with E-state index in [0.29, 0.717) is 24.9 Å². The van der Waals surface area contributed by atoms with E-state index in [2.05, 4.69) is 12.2 Å². The van der Waals surface area contributed by atoms with Gasteiger partial charge in [-0.3, -0.25) is 4.79 Å². The van der Waals surface area contributed by atoms with Gasteiger partial charge in [0.05, 0.1) is 0 Å². The highest BCUT2D eigenvalue weighted by Crippen LogP contribution is 2.36. The molecule has 86 valence electrons. The van der Waals surface area contributed by atoms with Gasteiger partial charge in [0.25, 0.3) is 0 Å². The van der Waals surface area contributed by atoms with Crippen LogP contribution in [0, 0.1) is 11.8 Å². The molecule has 0 aliphatic heterocycles. The van der Waals surface area contributed by atoms with Crippen LogP contribution in [0.4, 0.5) is 4.79 Å². The van der Waals surface area contributed by atoms with Crippen LogP contribution in [-0.2, 0) is 4.79 Å². The Kier molecular flexibility index (Phi) is 3.94. The molecule has 0 radical (unpaired) electrons. The largest absolute Gasteiger partial charge is 0.480 e. The number of nitrogens with zero attached hydrogens (tertiary/aromatic N) is 1. The van der Waals surface area contributed by atoms with Crippen molar-refractivity contribution in [2.45, 2.75) is 20.3 Å². The van der Waals surface area contributed by atoms with Crippen molar-refractivity contribution < 1.29 is 14.7 Å². The Labute approximate surface area is 89.4 Å². The number of carboxylic acid groups (broad SMARTS) is 1. The summed E-state index contributed by atoms with van der Waals surface area (Å²) in [4.78, 5) is 23.2. The minimum atomic E-state index is -0.980. The Morgan fingerprint density at radius 3 is 2.53 bits per heavy atom. The van der Waals surface area contributed by atoms with Crippen molar-refractivity contribution in [3.05, 3.63) is 0 Å². The van der Waals surface area contributed by atoms with Crippen LogP contribution >= 0.6 is 0 Å². The molecule has 0 spiro atoms.